The van der Waals surface area contributed by atoms with Gasteiger partial charge in [0.05, 0.1) is 0 Å². The monoisotopic (exact) mass is 353 g/mol. The number of rotatable bonds is 6. The molecule has 0 spiro atoms. The molecule has 1 unspecified atom stereocenters. The highest BCUT2D eigenvalue weighted by Crippen LogP contribution is 2.24. The van der Waals surface area contributed by atoms with Gasteiger partial charge in [0.2, 0.25) is 0 Å². The van der Waals surface area contributed by atoms with E-state index in [1.54, 1.807) is 13.2 Å². The Morgan fingerprint density at radius 2 is 2.00 bits per heavy atom. The minimum absolute atomic E-state index is 0.113. The van der Waals surface area contributed by atoms with Gasteiger partial charge < -0.3 is 15.4 Å². The van der Waals surface area contributed by atoms with Gasteiger partial charge in [-0.15, -0.1) is 0 Å². The Labute approximate surface area is 149 Å². The quantitative estimate of drug-likeness (QED) is 0.799. The molecule has 1 aromatic carbocycles. The van der Waals surface area contributed by atoms with E-state index in [-0.39, 0.29) is 12.0 Å². The summed E-state index contributed by atoms with van der Waals surface area (Å²) < 4.78 is 5.34. The Balaban J connectivity index is 1.92. The molecule has 1 aromatic rings. The average molecular weight is 354 g/mol. The van der Waals surface area contributed by atoms with E-state index in [4.69, 9.17) is 22.1 Å². The van der Waals surface area contributed by atoms with Crippen LogP contribution in [0.1, 0.15) is 30.9 Å². The molecule has 1 saturated heterocycles. The van der Waals surface area contributed by atoms with Crippen molar-refractivity contribution in [1.29, 1.82) is 0 Å². The summed E-state index contributed by atoms with van der Waals surface area (Å²) in [7, 11) is 1.61. The highest BCUT2D eigenvalue weighted by Gasteiger charge is 2.27. The normalized spacial score (nSPS) is 17.1. The number of halogens is 1. The second-order valence-corrected chi connectivity index (χ2v) is 6.83. The summed E-state index contributed by atoms with van der Waals surface area (Å²) in [4.78, 5) is 16.7. The number of carbonyl (C=O) groups is 1. The van der Waals surface area contributed by atoms with E-state index in [0.29, 0.717) is 5.02 Å². The first-order valence-corrected chi connectivity index (χ1v) is 8.92. The largest absolute Gasteiger partial charge is 0.398 e. The zero-order chi connectivity index (χ0) is 17.7. The molecule has 6 heteroatoms. The average Bonchev–Trinajstić information content (AvgIpc) is 2.57. The first kappa shape index (κ1) is 19.0. The number of amides is 1. The van der Waals surface area contributed by atoms with Crippen LogP contribution in [0, 0.1) is 6.92 Å². The summed E-state index contributed by atoms with van der Waals surface area (Å²) in [6, 6.07) is 3.77. The van der Waals surface area contributed by atoms with Crippen molar-refractivity contribution in [1.82, 2.24) is 9.80 Å². The molecular formula is C18H28ClN3O2. The lowest BCUT2D eigenvalue weighted by Gasteiger charge is -2.36. The van der Waals surface area contributed by atoms with Gasteiger partial charge in [0.15, 0.2) is 0 Å². The van der Waals surface area contributed by atoms with Crippen molar-refractivity contribution >= 4 is 23.2 Å². The number of ether oxygens (including phenoxy) is 1. The highest BCUT2D eigenvalue weighted by molar-refractivity contribution is 6.31. The number of nitrogen functional groups attached to an aromatic ring is 1. The second kappa shape index (κ2) is 8.70. The third-order valence-electron chi connectivity index (χ3n) is 4.71. The Morgan fingerprint density at radius 3 is 2.58 bits per heavy atom. The van der Waals surface area contributed by atoms with Crippen LogP contribution in [-0.4, -0.2) is 55.1 Å². The molecule has 1 fully saturated rings. The van der Waals surface area contributed by atoms with Crippen molar-refractivity contribution in [3.63, 3.8) is 0 Å². The van der Waals surface area contributed by atoms with E-state index in [2.05, 4.69) is 11.8 Å². The Bertz CT molecular complexity index is 572. The van der Waals surface area contributed by atoms with Gasteiger partial charge in [0.1, 0.15) is 6.10 Å². The number of hydrogen-bond donors (Lipinski definition) is 1. The van der Waals surface area contributed by atoms with Crippen molar-refractivity contribution in [2.75, 3.05) is 39.0 Å². The fourth-order valence-corrected chi connectivity index (χ4v) is 3.35. The fraction of sp³-hybridized carbons (Fsp3) is 0.611. The van der Waals surface area contributed by atoms with Crippen LogP contribution in [0.25, 0.3) is 0 Å². The van der Waals surface area contributed by atoms with Crippen molar-refractivity contribution in [2.45, 2.75) is 39.3 Å². The molecular weight excluding hydrogens is 326 g/mol. The van der Waals surface area contributed by atoms with Crippen LogP contribution in [0.2, 0.25) is 5.02 Å². The highest BCUT2D eigenvalue weighted by atomic mass is 35.5. The number of methoxy groups -OCH3 is 1. The molecule has 0 radical (unpaired) electrons. The van der Waals surface area contributed by atoms with Gasteiger partial charge in [-0.25, -0.2) is 0 Å². The molecule has 24 heavy (non-hydrogen) atoms. The number of nitrogens with two attached hydrogens (primary N) is 1. The van der Waals surface area contributed by atoms with Crippen LogP contribution in [0.15, 0.2) is 12.1 Å². The van der Waals surface area contributed by atoms with Gasteiger partial charge in [-0.2, -0.15) is 0 Å². The minimum Gasteiger partial charge on any atom is -0.398 e. The fourth-order valence-electron chi connectivity index (χ4n) is 3.10. The molecule has 0 bridgehead atoms. The topological polar surface area (TPSA) is 58.8 Å². The number of piperazine rings is 1. The van der Waals surface area contributed by atoms with Gasteiger partial charge in [0.25, 0.3) is 5.91 Å². The smallest absolute Gasteiger partial charge is 0.251 e. The lowest BCUT2D eigenvalue weighted by Crippen LogP contribution is -2.51. The van der Waals surface area contributed by atoms with E-state index >= 15 is 0 Å². The molecule has 134 valence electrons. The zero-order valence-corrected chi connectivity index (χ0v) is 15.6. The van der Waals surface area contributed by atoms with E-state index in [1.807, 2.05) is 17.9 Å². The van der Waals surface area contributed by atoms with Crippen LogP contribution >= 0.6 is 11.6 Å². The van der Waals surface area contributed by atoms with E-state index in [0.717, 1.165) is 62.4 Å². The first-order valence-electron chi connectivity index (χ1n) is 8.54. The van der Waals surface area contributed by atoms with Crippen molar-refractivity contribution < 1.29 is 9.53 Å². The van der Waals surface area contributed by atoms with Gasteiger partial charge >= 0.3 is 0 Å². The molecule has 1 aliphatic heterocycles. The Morgan fingerprint density at radius 1 is 1.33 bits per heavy atom. The lowest BCUT2D eigenvalue weighted by atomic mass is 10.1. The molecule has 1 atom stereocenters. The standard InChI is InChI=1S/C18H28ClN3O2/c1-4-5-17(24-3)18(23)22-8-6-21(7-9-22)12-14-10-15(19)11-16(20)13(14)2/h10-11,17H,4-9,12,20H2,1-3H3. The third-order valence-corrected chi connectivity index (χ3v) is 4.93. The maximum Gasteiger partial charge on any atom is 0.251 e. The molecule has 1 heterocycles. The molecule has 1 aliphatic rings. The Hall–Kier alpha value is -1.30. The van der Waals surface area contributed by atoms with Crippen molar-refractivity contribution in [3.05, 3.63) is 28.3 Å². The molecule has 5 nitrogen and oxygen atoms in total. The zero-order valence-electron chi connectivity index (χ0n) is 14.8. The maximum absolute atomic E-state index is 12.5. The molecule has 2 N–H and O–H groups in total. The van der Waals surface area contributed by atoms with Crippen LogP contribution < -0.4 is 5.73 Å². The number of carbonyl (C=O) groups excluding carboxylic acids is 1. The molecule has 0 aromatic heterocycles. The van der Waals surface area contributed by atoms with Crippen LogP contribution in [0.3, 0.4) is 0 Å². The van der Waals surface area contributed by atoms with Gasteiger partial charge in [-0.1, -0.05) is 24.9 Å². The summed E-state index contributed by atoms with van der Waals surface area (Å²) in [5.74, 6) is 0.113. The summed E-state index contributed by atoms with van der Waals surface area (Å²) in [6.07, 6.45) is 1.41. The number of benzene rings is 1. The minimum atomic E-state index is -0.309. The summed E-state index contributed by atoms with van der Waals surface area (Å²) >= 11 is 6.12. The number of anilines is 1. The van der Waals surface area contributed by atoms with Crippen molar-refractivity contribution in [3.8, 4) is 0 Å². The summed E-state index contributed by atoms with van der Waals surface area (Å²) in [5.41, 5.74) is 8.96. The summed E-state index contributed by atoms with van der Waals surface area (Å²) in [6.45, 7) is 8.06. The molecule has 0 aliphatic carbocycles. The predicted octanol–water partition coefficient (Wildman–Crippen LogP) is 2.69. The van der Waals surface area contributed by atoms with Gasteiger partial charge in [-0.05, 0) is 36.6 Å². The lowest BCUT2D eigenvalue weighted by molar-refractivity contribution is -0.144. The van der Waals surface area contributed by atoms with Crippen LogP contribution in [0.4, 0.5) is 5.69 Å². The first-order chi connectivity index (χ1) is 11.5. The third kappa shape index (κ3) is 4.62. The molecule has 1 amide bonds. The molecule has 2 rings (SSSR count). The SMILES string of the molecule is CCCC(OC)C(=O)N1CCN(Cc2cc(Cl)cc(N)c2C)CC1. The summed E-state index contributed by atoms with van der Waals surface area (Å²) in [5, 5.41) is 0.671. The predicted molar refractivity (Wildman–Crippen MR) is 98.2 cm³/mol. The van der Waals surface area contributed by atoms with Crippen LogP contribution in [0.5, 0.6) is 0 Å². The number of hydrogen-bond acceptors (Lipinski definition) is 4. The number of nitrogens with zero attached hydrogens (tertiary/aromatic N) is 2. The van der Waals surface area contributed by atoms with Crippen LogP contribution in [-0.2, 0) is 16.1 Å². The maximum atomic E-state index is 12.5. The van der Waals surface area contributed by atoms with E-state index < -0.39 is 0 Å². The van der Waals surface area contributed by atoms with Gasteiger partial charge in [0, 0.05) is 50.5 Å². The van der Waals surface area contributed by atoms with E-state index in [9.17, 15) is 4.79 Å². The van der Waals surface area contributed by atoms with E-state index in [1.165, 1.54) is 0 Å². The molecule has 0 saturated carbocycles. The van der Waals surface area contributed by atoms with Crippen molar-refractivity contribution in [2.24, 2.45) is 0 Å². The Kier molecular flexibility index (Phi) is 6.90. The second-order valence-electron chi connectivity index (χ2n) is 6.39. The van der Waals surface area contributed by atoms with Gasteiger partial charge in [-0.3, -0.25) is 9.69 Å².